The summed E-state index contributed by atoms with van der Waals surface area (Å²) in [6, 6.07) is 5.72. The molecule has 128 valence electrons. The molecule has 2 aromatic rings. The summed E-state index contributed by atoms with van der Waals surface area (Å²) in [5.41, 5.74) is 3.03. The first-order valence-corrected chi connectivity index (χ1v) is 8.44. The Labute approximate surface area is 140 Å². The number of aromatic amines is 1. The second kappa shape index (κ2) is 6.63. The number of nitrogens with one attached hydrogen (secondary N) is 1. The number of likely N-dealkylation sites (tertiary alicyclic amines) is 1. The summed E-state index contributed by atoms with van der Waals surface area (Å²) in [6.07, 6.45) is 2.27. The Morgan fingerprint density at radius 3 is 2.92 bits per heavy atom. The van der Waals surface area contributed by atoms with Crippen LogP contribution in [-0.2, 0) is 16.0 Å². The summed E-state index contributed by atoms with van der Waals surface area (Å²) in [4.78, 5) is 33.4. The summed E-state index contributed by atoms with van der Waals surface area (Å²) < 4.78 is 0. The van der Waals surface area contributed by atoms with E-state index in [2.05, 4.69) is 9.97 Å². The minimum Gasteiger partial charge on any atom is -0.481 e. The number of carboxylic acids is 1. The van der Waals surface area contributed by atoms with Gasteiger partial charge in [-0.15, -0.1) is 0 Å². The molecule has 0 aliphatic carbocycles. The Morgan fingerprint density at radius 2 is 2.21 bits per heavy atom. The molecule has 2 heterocycles. The van der Waals surface area contributed by atoms with Crippen LogP contribution in [0, 0.1) is 12.8 Å². The number of carbonyl (C=O) groups is 2. The Kier molecular flexibility index (Phi) is 4.55. The molecule has 1 fully saturated rings. The lowest BCUT2D eigenvalue weighted by molar-refractivity contribution is -0.149. The largest absolute Gasteiger partial charge is 0.481 e. The number of para-hydroxylation sites is 1. The summed E-state index contributed by atoms with van der Waals surface area (Å²) in [5, 5.41) is 9.27. The number of aryl methyl sites for hydroxylation is 2. The Morgan fingerprint density at radius 1 is 1.42 bits per heavy atom. The number of hydrogen-bond donors (Lipinski definition) is 2. The third-order valence-corrected chi connectivity index (χ3v) is 4.96. The average Bonchev–Trinajstić information content (AvgIpc) is 2.97. The van der Waals surface area contributed by atoms with Crippen molar-refractivity contribution in [3.8, 4) is 0 Å². The molecule has 1 amide bonds. The van der Waals surface area contributed by atoms with E-state index in [1.165, 1.54) is 0 Å². The van der Waals surface area contributed by atoms with Crippen LogP contribution >= 0.6 is 0 Å². The number of rotatable bonds is 4. The van der Waals surface area contributed by atoms with Crippen LogP contribution < -0.4 is 0 Å². The quantitative estimate of drug-likeness (QED) is 0.902. The fourth-order valence-electron chi connectivity index (χ4n) is 3.54. The normalized spacial score (nSPS) is 21.2. The van der Waals surface area contributed by atoms with Crippen LogP contribution in [0.2, 0.25) is 0 Å². The van der Waals surface area contributed by atoms with Crippen molar-refractivity contribution in [2.45, 2.75) is 45.6 Å². The zero-order valence-corrected chi connectivity index (χ0v) is 14.1. The Balaban J connectivity index is 1.66. The number of hydrogen-bond acceptors (Lipinski definition) is 3. The minimum absolute atomic E-state index is 0.00521. The van der Waals surface area contributed by atoms with Gasteiger partial charge in [0.1, 0.15) is 5.82 Å². The highest BCUT2D eigenvalue weighted by atomic mass is 16.4. The molecule has 3 rings (SSSR count). The molecule has 0 saturated carbocycles. The van der Waals surface area contributed by atoms with Crippen molar-refractivity contribution in [2.75, 3.05) is 6.54 Å². The van der Waals surface area contributed by atoms with E-state index in [9.17, 15) is 14.7 Å². The third-order valence-electron chi connectivity index (χ3n) is 4.96. The predicted molar refractivity (Wildman–Crippen MR) is 90.7 cm³/mol. The van der Waals surface area contributed by atoms with Gasteiger partial charge < -0.3 is 15.0 Å². The maximum absolute atomic E-state index is 12.5. The van der Waals surface area contributed by atoms with Crippen molar-refractivity contribution in [1.82, 2.24) is 14.9 Å². The van der Waals surface area contributed by atoms with Gasteiger partial charge in [-0.2, -0.15) is 0 Å². The maximum Gasteiger partial charge on any atom is 0.308 e. The molecule has 2 atom stereocenters. The molecule has 1 saturated heterocycles. The van der Waals surface area contributed by atoms with E-state index in [0.717, 1.165) is 28.8 Å². The smallest absolute Gasteiger partial charge is 0.308 e. The average molecular weight is 329 g/mol. The molecule has 6 heteroatoms. The van der Waals surface area contributed by atoms with Gasteiger partial charge in [0, 0.05) is 25.4 Å². The van der Waals surface area contributed by atoms with E-state index in [1.807, 2.05) is 32.0 Å². The third kappa shape index (κ3) is 3.13. The predicted octanol–water partition coefficient (Wildman–Crippen LogP) is 2.52. The molecule has 1 aliphatic rings. The number of carbonyl (C=O) groups excluding carboxylic acids is 1. The maximum atomic E-state index is 12.5. The SMILES string of the molecule is Cc1cccc2[nH]c(CCC(=O)N3CCC[C@@H](C(=O)O)[C@H]3C)nc12. The topological polar surface area (TPSA) is 86.3 Å². The van der Waals surface area contributed by atoms with E-state index in [-0.39, 0.29) is 11.9 Å². The molecule has 6 nitrogen and oxygen atoms in total. The number of carboxylic acid groups (broad SMARTS) is 1. The van der Waals surface area contributed by atoms with Gasteiger partial charge in [0.05, 0.1) is 17.0 Å². The summed E-state index contributed by atoms with van der Waals surface area (Å²) in [5.74, 6) is -0.470. The van der Waals surface area contributed by atoms with Crippen LogP contribution in [-0.4, -0.2) is 44.4 Å². The van der Waals surface area contributed by atoms with Gasteiger partial charge in [-0.1, -0.05) is 12.1 Å². The molecule has 1 aromatic heterocycles. The van der Waals surface area contributed by atoms with Crippen LogP contribution in [0.3, 0.4) is 0 Å². The molecule has 0 spiro atoms. The summed E-state index contributed by atoms with van der Waals surface area (Å²) in [7, 11) is 0. The van der Waals surface area contributed by atoms with Gasteiger partial charge in [0.25, 0.3) is 0 Å². The zero-order valence-electron chi connectivity index (χ0n) is 14.1. The molecule has 0 unspecified atom stereocenters. The van der Waals surface area contributed by atoms with E-state index in [1.54, 1.807) is 4.90 Å². The van der Waals surface area contributed by atoms with Gasteiger partial charge >= 0.3 is 5.97 Å². The van der Waals surface area contributed by atoms with E-state index < -0.39 is 11.9 Å². The van der Waals surface area contributed by atoms with Gasteiger partial charge in [-0.3, -0.25) is 9.59 Å². The zero-order chi connectivity index (χ0) is 17.3. The second-order valence-electron chi connectivity index (χ2n) is 6.57. The fraction of sp³-hybridized carbons (Fsp3) is 0.500. The number of aliphatic carboxylic acids is 1. The van der Waals surface area contributed by atoms with Crippen molar-refractivity contribution >= 4 is 22.9 Å². The monoisotopic (exact) mass is 329 g/mol. The molecule has 1 aromatic carbocycles. The van der Waals surface area contributed by atoms with E-state index in [4.69, 9.17) is 0 Å². The molecule has 2 N–H and O–H groups in total. The molecule has 0 radical (unpaired) electrons. The van der Waals surface area contributed by atoms with Crippen LogP contribution in [0.15, 0.2) is 18.2 Å². The standard InChI is InChI=1S/C18H23N3O3/c1-11-5-3-7-14-17(11)20-15(19-14)8-9-16(22)21-10-4-6-13(12(21)2)18(23)24/h3,5,7,12-13H,4,6,8-10H2,1-2H3,(H,19,20)(H,23,24)/t12-,13-/m1/s1. The molecular weight excluding hydrogens is 306 g/mol. The lowest BCUT2D eigenvalue weighted by Gasteiger charge is -2.37. The van der Waals surface area contributed by atoms with E-state index >= 15 is 0 Å². The fourth-order valence-corrected chi connectivity index (χ4v) is 3.54. The number of amides is 1. The number of imidazole rings is 1. The lowest BCUT2D eigenvalue weighted by Crippen LogP contribution is -2.49. The van der Waals surface area contributed by atoms with Crippen molar-refractivity contribution < 1.29 is 14.7 Å². The van der Waals surface area contributed by atoms with Crippen LogP contribution in [0.5, 0.6) is 0 Å². The Bertz CT molecular complexity index is 768. The summed E-state index contributed by atoms with van der Waals surface area (Å²) in [6.45, 7) is 4.49. The minimum atomic E-state index is -0.812. The van der Waals surface area contributed by atoms with Crippen LogP contribution in [0.4, 0.5) is 0 Å². The highest BCUT2D eigenvalue weighted by Crippen LogP contribution is 2.25. The highest BCUT2D eigenvalue weighted by molar-refractivity contribution is 5.80. The van der Waals surface area contributed by atoms with Crippen molar-refractivity contribution in [2.24, 2.45) is 5.92 Å². The van der Waals surface area contributed by atoms with Crippen molar-refractivity contribution in [3.63, 3.8) is 0 Å². The number of piperidine rings is 1. The lowest BCUT2D eigenvalue weighted by atomic mass is 9.90. The Hall–Kier alpha value is -2.37. The van der Waals surface area contributed by atoms with Gasteiger partial charge in [0.15, 0.2) is 0 Å². The highest BCUT2D eigenvalue weighted by Gasteiger charge is 2.35. The number of fused-ring (bicyclic) bond motifs is 1. The van der Waals surface area contributed by atoms with E-state index in [0.29, 0.717) is 25.8 Å². The molecule has 24 heavy (non-hydrogen) atoms. The molecule has 1 aliphatic heterocycles. The number of benzene rings is 1. The molecule has 0 bridgehead atoms. The first kappa shape index (κ1) is 16.5. The van der Waals surface area contributed by atoms with Crippen molar-refractivity contribution in [1.29, 1.82) is 0 Å². The molecular formula is C18H23N3O3. The number of nitrogens with zero attached hydrogens (tertiary/aromatic N) is 2. The van der Waals surface area contributed by atoms with Crippen LogP contribution in [0.1, 0.15) is 37.6 Å². The summed E-state index contributed by atoms with van der Waals surface area (Å²) >= 11 is 0. The van der Waals surface area contributed by atoms with Crippen LogP contribution in [0.25, 0.3) is 11.0 Å². The first-order valence-electron chi connectivity index (χ1n) is 8.44. The van der Waals surface area contributed by atoms with Gasteiger partial charge in [0.2, 0.25) is 5.91 Å². The number of H-pyrrole nitrogens is 1. The second-order valence-corrected chi connectivity index (χ2v) is 6.57. The number of aromatic nitrogens is 2. The van der Waals surface area contributed by atoms with Gasteiger partial charge in [-0.25, -0.2) is 4.98 Å². The first-order chi connectivity index (χ1) is 11.5. The van der Waals surface area contributed by atoms with Crippen molar-refractivity contribution in [3.05, 3.63) is 29.6 Å². The van der Waals surface area contributed by atoms with Gasteiger partial charge in [-0.05, 0) is 38.3 Å².